The fourth-order valence-corrected chi connectivity index (χ4v) is 2.32. The Labute approximate surface area is 126 Å². The third-order valence-electron chi connectivity index (χ3n) is 3.14. The highest BCUT2D eigenvalue weighted by Crippen LogP contribution is 2.23. The van der Waals surface area contributed by atoms with Crippen molar-refractivity contribution in [1.29, 1.82) is 0 Å². The van der Waals surface area contributed by atoms with Gasteiger partial charge in [0.1, 0.15) is 0 Å². The molecule has 1 amide bonds. The number of nitrogen functional groups attached to an aromatic ring is 1. The summed E-state index contributed by atoms with van der Waals surface area (Å²) in [5.41, 5.74) is 7.93. The second-order valence-electron chi connectivity index (χ2n) is 4.57. The highest BCUT2D eigenvalue weighted by atomic mass is 35.5. The lowest BCUT2D eigenvalue weighted by Gasteiger charge is -2.09. The smallest absolute Gasteiger partial charge is 0.257 e. The fourth-order valence-electron chi connectivity index (χ4n) is 2.14. The quantitative estimate of drug-likeness (QED) is 0.708. The number of hydrogen-bond acceptors (Lipinski definition) is 3. The van der Waals surface area contributed by atoms with Crippen LogP contribution >= 0.6 is 11.6 Å². The third-order valence-corrected chi connectivity index (χ3v) is 3.37. The molecule has 0 saturated heterocycles. The normalized spacial score (nSPS) is 10.5. The lowest BCUT2D eigenvalue weighted by molar-refractivity contribution is 0.102. The molecule has 2 aromatic carbocycles. The van der Waals surface area contributed by atoms with Crippen LogP contribution in [0, 0.1) is 0 Å². The highest BCUT2D eigenvalue weighted by Gasteiger charge is 2.12. The van der Waals surface area contributed by atoms with Gasteiger partial charge in [-0.25, -0.2) is 0 Å². The zero-order chi connectivity index (χ0) is 14.8. The molecular weight excluding hydrogens is 286 g/mol. The molecule has 3 aromatic rings. The predicted molar refractivity (Wildman–Crippen MR) is 85.6 cm³/mol. The molecule has 0 aliphatic heterocycles. The van der Waals surface area contributed by atoms with E-state index in [9.17, 15) is 4.79 Å². The largest absolute Gasteiger partial charge is 0.398 e. The van der Waals surface area contributed by atoms with E-state index in [2.05, 4.69) is 10.3 Å². The lowest BCUT2D eigenvalue weighted by Crippen LogP contribution is -2.14. The number of amides is 1. The first-order valence-corrected chi connectivity index (χ1v) is 6.73. The first-order valence-electron chi connectivity index (χ1n) is 6.35. The molecule has 0 fully saturated rings. The molecule has 1 aromatic heterocycles. The third kappa shape index (κ3) is 2.66. The second kappa shape index (κ2) is 5.42. The van der Waals surface area contributed by atoms with E-state index < -0.39 is 0 Å². The molecule has 0 unspecified atom stereocenters. The Morgan fingerprint density at radius 2 is 1.95 bits per heavy atom. The molecule has 0 atom stereocenters. The highest BCUT2D eigenvalue weighted by molar-refractivity contribution is 6.31. The minimum Gasteiger partial charge on any atom is -0.398 e. The van der Waals surface area contributed by atoms with Gasteiger partial charge in [0.25, 0.3) is 5.91 Å². The van der Waals surface area contributed by atoms with Gasteiger partial charge >= 0.3 is 0 Å². The molecule has 104 valence electrons. The van der Waals surface area contributed by atoms with Crippen LogP contribution in [0.15, 0.2) is 54.7 Å². The Bertz CT molecular complexity index is 827. The van der Waals surface area contributed by atoms with Crippen molar-refractivity contribution in [2.75, 3.05) is 11.1 Å². The Hall–Kier alpha value is -2.59. The van der Waals surface area contributed by atoms with Gasteiger partial charge in [0.05, 0.1) is 16.8 Å². The van der Waals surface area contributed by atoms with Crippen LogP contribution in [0.5, 0.6) is 0 Å². The van der Waals surface area contributed by atoms with E-state index in [1.807, 2.05) is 24.3 Å². The molecule has 0 saturated carbocycles. The van der Waals surface area contributed by atoms with Crippen molar-refractivity contribution < 1.29 is 4.79 Å². The van der Waals surface area contributed by atoms with E-state index in [1.165, 1.54) is 0 Å². The van der Waals surface area contributed by atoms with Crippen molar-refractivity contribution in [2.24, 2.45) is 0 Å². The van der Waals surface area contributed by atoms with Crippen LogP contribution in [0.25, 0.3) is 10.9 Å². The first kappa shape index (κ1) is 13.4. The number of hydrogen-bond donors (Lipinski definition) is 2. The van der Waals surface area contributed by atoms with Crippen molar-refractivity contribution in [3.8, 4) is 0 Å². The van der Waals surface area contributed by atoms with Crippen LogP contribution in [0.2, 0.25) is 5.02 Å². The van der Waals surface area contributed by atoms with Gasteiger partial charge in [-0.3, -0.25) is 9.78 Å². The number of pyridine rings is 1. The molecule has 0 aliphatic carbocycles. The topological polar surface area (TPSA) is 68.0 Å². The number of carbonyl (C=O) groups is 1. The van der Waals surface area contributed by atoms with E-state index in [-0.39, 0.29) is 5.91 Å². The van der Waals surface area contributed by atoms with Crippen molar-refractivity contribution in [3.63, 3.8) is 0 Å². The molecule has 1 heterocycles. The van der Waals surface area contributed by atoms with Gasteiger partial charge in [0, 0.05) is 22.3 Å². The van der Waals surface area contributed by atoms with Crippen molar-refractivity contribution in [3.05, 3.63) is 65.3 Å². The zero-order valence-corrected chi connectivity index (χ0v) is 11.8. The molecule has 5 heteroatoms. The SMILES string of the molecule is Nc1cc(Cl)ccc1C(=O)Nc1cccc2cccnc12. The number of nitrogens with zero attached hydrogens (tertiary/aromatic N) is 1. The van der Waals surface area contributed by atoms with E-state index in [0.717, 1.165) is 10.9 Å². The summed E-state index contributed by atoms with van der Waals surface area (Å²) in [5.74, 6) is -0.290. The molecule has 3 rings (SSSR count). The number of rotatable bonds is 2. The second-order valence-corrected chi connectivity index (χ2v) is 5.00. The minimum absolute atomic E-state index is 0.290. The summed E-state index contributed by atoms with van der Waals surface area (Å²) in [6.45, 7) is 0. The Balaban J connectivity index is 1.97. The van der Waals surface area contributed by atoms with Crippen LogP contribution in [0.3, 0.4) is 0 Å². The number of anilines is 2. The van der Waals surface area contributed by atoms with Crippen LogP contribution in [-0.2, 0) is 0 Å². The molecule has 0 aliphatic rings. The van der Waals surface area contributed by atoms with Gasteiger partial charge in [0.2, 0.25) is 0 Å². The van der Waals surface area contributed by atoms with E-state index in [0.29, 0.717) is 22.0 Å². The number of aromatic nitrogens is 1. The number of nitrogens with one attached hydrogen (secondary N) is 1. The molecule has 4 nitrogen and oxygen atoms in total. The van der Waals surface area contributed by atoms with Crippen LogP contribution in [0.4, 0.5) is 11.4 Å². The van der Waals surface area contributed by atoms with Gasteiger partial charge in [-0.2, -0.15) is 0 Å². The maximum Gasteiger partial charge on any atom is 0.257 e. The number of halogens is 1. The Morgan fingerprint density at radius 3 is 2.76 bits per heavy atom. The monoisotopic (exact) mass is 297 g/mol. The number of para-hydroxylation sites is 1. The summed E-state index contributed by atoms with van der Waals surface area (Å²) in [6.07, 6.45) is 1.69. The standard InChI is InChI=1S/C16H12ClN3O/c17-11-6-7-12(13(18)9-11)16(21)20-14-5-1-3-10-4-2-8-19-15(10)14/h1-9H,18H2,(H,20,21). The molecule has 0 bridgehead atoms. The predicted octanol–water partition coefficient (Wildman–Crippen LogP) is 3.72. The van der Waals surface area contributed by atoms with E-state index in [4.69, 9.17) is 17.3 Å². The van der Waals surface area contributed by atoms with E-state index in [1.54, 1.807) is 30.5 Å². The van der Waals surface area contributed by atoms with Gasteiger partial charge in [0.15, 0.2) is 0 Å². The van der Waals surface area contributed by atoms with Crippen molar-refractivity contribution in [2.45, 2.75) is 0 Å². The number of nitrogens with two attached hydrogens (primary N) is 1. The first-order chi connectivity index (χ1) is 10.1. The van der Waals surface area contributed by atoms with Crippen molar-refractivity contribution in [1.82, 2.24) is 4.98 Å². The maximum atomic E-state index is 12.3. The van der Waals surface area contributed by atoms with Crippen molar-refractivity contribution >= 4 is 39.8 Å². The Morgan fingerprint density at radius 1 is 1.14 bits per heavy atom. The molecule has 21 heavy (non-hydrogen) atoms. The van der Waals surface area contributed by atoms with Crippen LogP contribution < -0.4 is 11.1 Å². The van der Waals surface area contributed by atoms with Crippen LogP contribution in [-0.4, -0.2) is 10.9 Å². The molecule has 3 N–H and O–H groups in total. The van der Waals surface area contributed by atoms with Gasteiger partial charge in [-0.15, -0.1) is 0 Å². The summed E-state index contributed by atoms with van der Waals surface area (Å²) in [5, 5.41) is 4.29. The maximum absolute atomic E-state index is 12.3. The number of carbonyl (C=O) groups excluding carboxylic acids is 1. The average Bonchev–Trinajstić information content (AvgIpc) is 2.47. The number of benzene rings is 2. The fraction of sp³-hybridized carbons (Fsp3) is 0. The summed E-state index contributed by atoms with van der Waals surface area (Å²) in [4.78, 5) is 16.6. The zero-order valence-electron chi connectivity index (χ0n) is 11.0. The number of fused-ring (bicyclic) bond motifs is 1. The Kier molecular flexibility index (Phi) is 3.46. The lowest BCUT2D eigenvalue weighted by atomic mass is 10.1. The average molecular weight is 298 g/mol. The van der Waals surface area contributed by atoms with Gasteiger partial charge in [-0.1, -0.05) is 29.8 Å². The van der Waals surface area contributed by atoms with E-state index >= 15 is 0 Å². The van der Waals surface area contributed by atoms with Crippen LogP contribution in [0.1, 0.15) is 10.4 Å². The van der Waals surface area contributed by atoms with Gasteiger partial charge < -0.3 is 11.1 Å². The minimum atomic E-state index is -0.290. The summed E-state index contributed by atoms with van der Waals surface area (Å²) < 4.78 is 0. The molecule has 0 radical (unpaired) electrons. The molecule has 0 spiro atoms. The van der Waals surface area contributed by atoms with Gasteiger partial charge in [-0.05, 0) is 30.3 Å². The summed E-state index contributed by atoms with van der Waals surface area (Å²) in [6, 6.07) is 14.2. The molecular formula is C16H12ClN3O. The summed E-state index contributed by atoms with van der Waals surface area (Å²) >= 11 is 5.84. The summed E-state index contributed by atoms with van der Waals surface area (Å²) in [7, 11) is 0.